The summed E-state index contributed by atoms with van der Waals surface area (Å²) in [5, 5.41) is 14.0. The van der Waals surface area contributed by atoms with Crippen LogP contribution in [-0.4, -0.2) is 14.9 Å². The van der Waals surface area contributed by atoms with Crippen LogP contribution < -0.4 is 5.43 Å². The van der Waals surface area contributed by atoms with Crippen LogP contribution in [0.2, 0.25) is 0 Å². The van der Waals surface area contributed by atoms with Crippen molar-refractivity contribution >= 4 is 26.8 Å². The third-order valence-corrected chi connectivity index (χ3v) is 3.88. The molecule has 5 heteroatoms. The number of rotatable bonds is 3. The molecule has 0 spiro atoms. The zero-order chi connectivity index (χ0) is 14.8. The molecular weight excluding hydrogens is 332 g/mol. The van der Waals surface area contributed by atoms with E-state index in [4.69, 9.17) is 5.11 Å². The Balaban J connectivity index is 2.07. The number of nitrogens with zero attached hydrogens (tertiary/aromatic N) is 2. The van der Waals surface area contributed by atoms with Crippen LogP contribution in [0.3, 0.4) is 0 Å². The summed E-state index contributed by atoms with van der Waals surface area (Å²) in [6.07, 6.45) is 0. The molecule has 0 fully saturated rings. The lowest BCUT2D eigenvalue weighted by atomic mass is 10.1. The Morgan fingerprint density at radius 3 is 2.43 bits per heavy atom. The van der Waals surface area contributed by atoms with Crippen LogP contribution in [0.4, 0.5) is 0 Å². The van der Waals surface area contributed by atoms with Crippen molar-refractivity contribution in [3.05, 3.63) is 74.5 Å². The van der Waals surface area contributed by atoms with Gasteiger partial charge in [0.1, 0.15) is 0 Å². The predicted octanol–water partition coefficient (Wildman–Crippen LogP) is 2.70. The van der Waals surface area contributed by atoms with E-state index in [9.17, 15) is 4.79 Å². The lowest BCUT2D eigenvalue weighted by Gasteiger charge is -2.10. The number of benzene rings is 2. The molecule has 0 amide bonds. The van der Waals surface area contributed by atoms with Gasteiger partial charge in [0.15, 0.2) is 4.60 Å². The van der Waals surface area contributed by atoms with Crippen LogP contribution in [0.1, 0.15) is 11.1 Å². The van der Waals surface area contributed by atoms with E-state index in [1.165, 1.54) is 0 Å². The van der Waals surface area contributed by atoms with Gasteiger partial charge in [-0.3, -0.25) is 9.48 Å². The van der Waals surface area contributed by atoms with Gasteiger partial charge in [0.05, 0.1) is 24.1 Å². The van der Waals surface area contributed by atoms with Crippen molar-refractivity contribution in [2.75, 3.05) is 0 Å². The number of aliphatic hydroxyl groups excluding tert-OH is 1. The molecule has 1 N–H and O–H groups in total. The summed E-state index contributed by atoms with van der Waals surface area (Å²) in [4.78, 5) is 12.1. The summed E-state index contributed by atoms with van der Waals surface area (Å²) >= 11 is 3.23. The van der Waals surface area contributed by atoms with Crippen LogP contribution in [0.15, 0.2) is 57.9 Å². The lowest BCUT2D eigenvalue weighted by molar-refractivity contribution is 0.282. The summed E-state index contributed by atoms with van der Waals surface area (Å²) in [6.45, 7) is 0.593. The van der Waals surface area contributed by atoms with Crippen molar-refractivity contribution in [1.82, 2.24) is 9.78 Å². The van der Waals surface area contributed by atoms with Crippen LogP contribution in [0.5, 0.6) is 0 Å². The summed E-state index contributed by atoms with van der Waals surface area (Å²) in [5.41, 5.74) is 2.63. The van der Waals surface area contributed by atoms with E-state index in [2.05, 4.69) is 21.0 Å². The maximum atomic E-state index is 12.1. The van der Waals surface area contributed by atoms with Gasteiger partial charge in [0.25, 0.3) is 0 Å². The third-order valence-electron chi connectivity index (χ3n) is 3.36. The van der Waals surface area contributed by atoms with E-state index in [1.54, 1.807) is 10.7 Å². The van der Waals surface area contributed by atoms with E-state index in [0.29, 0.717) is 16.5 Å². The largest absolute Gasteiger partial charge is 0.392 e. The second-order valence-corrected chi connectivity index (χ2v) is 5.52. The highest BCUT2D eigenvalue weighted by molar-refractivity contribution is 9.10. The molecule has 0 aliphatic carbocycles. The molecule has 2 aromatic carbocycles. The van der Waals surface area contributed by atoms with Crippen molar-refractivity contribution in [2.24, 2.45) is 0 Å². The second-order valence-electron chi connectivity index (χ2n) is 4.77. The van der Waals surface area contributed by atoms with Gasteiger partial charge in [-0.05, 0) is 39.2 Å². The average molecular weight is 345 g/mol. The molecule has 0 aliphatic rings. The van der Waals surface area contributed by atoms with Crippen LogP contribution in [0, 0.1) is 0 Å². The molecule has 21 heavy (non-hydrogen) atoms. The van der Waals surface area contributed by atoms with Crippen LogP contribution in [-0.2, 0) is 13.2 Å². The fraction of sp³-hybridized carbons (Fsp3) is 0.125. The monoisotopic (exact) mass is 344 g/mol. The summed E-state index contributed by atoms with van der Waals surface area (Å²) < 4.78 is 2.11. The molecule has 106 valence electrons. The normalized spacial score (nSPS) is 11.0. The van der Waals surface area contributed by atoms with Gasteiger partial charge in [-0.1, -0.05) is 36.4 Å². The molecule has 0 aliphatic heterocycles. The zero-order valence-corrected chi connectivity index (χ0v) is 12.7. The van der Waals surface area contributed by atoms with Crippen LogP contribution >= 0.6 is 15.9 Å². The minimum absolute atomic E-state index is 0.0328. The minimum Gasteiger partial charge on any atom is -0.392 e. The van der Waals surface area contributed by atoms with Gasteiger partial charge in [-0.25, -0.2) is 0 Å². The Morgan fingerprint density at radius 1 is 1.05 bits per heavy atom. The maximum Gasteiger partial charge on any atom is 0.222 e. The highest BCUT2D eigenvalue weighted by Gasteiger charge is 2.08. The first kappa shape index (κ1) is 14.0. The number of hydrogen-bond donors (Lipinski definition) is 1. The Morgan fingerprint density at radius 2 is 1.71 bits per heavy atom. The number of fused-ring (bicyclic) bond motifs is 1. The highest BCUT2D eigenvalue weighted by Crippen LogP contribution is 2.14. The zero-order valence-electron chi connectivity index (χ0n) is 11.2. The Kier molecular flexibility index (Phi) is 3.86. The molecule has 0 saturated carbocycles. The fourth-order valence-corrected chi connectivity index (χ4v) is 2.66. The molecule has 0 bridgehead atoms. The van der Waals surface area contributed by atoms with E-state index in [-0.39, 0.29) is 12.0 Å². The molecule has 0 saturated heterocycles. The average Bonchev–Trinajstić information content (AvgIpc) is 2.53. The number of aromatic nitrogens is 2. The second kappa shape index (κ2) is 5.79. The summed E-state index contributed by atoms with van der Waals surface area (Å²) in [7, 11) is 0. The quantitative estimate of drug-likeness (QED) is 0.794. The van der Waals surface area contributed by atoms with Crippen molar-refractivity contribution in [1.29, 1.82) is 0 Å². The first-order valence-corrected chi connectivity index (χ1v) is 7.32. The predicted molar refractivity (Wildman–Crippen MR) is 85.2 cm³/mol. The van der Waals surface area contributed by atoms with E-state index < -0.39 is 0 Å². The van der Waals surface area contributed by atoms with Crippen molar-refractivity contribution in [3.8, 4) is 0 Å². The van der Waals surface area contributed by atoms with Gasteiger partial charge in [-0.2, -0.15) is 5.10 Å². The van der Waals surface area contributed by atoms with Gasteiger partial charge < -0.3 is 5.11 Å². The molecule has 3 aromatic rings. The highest BCUT2D eigenvalue weighted by atomic mass is 79.9. The van der Waals surface area contributed by atoms with E-state index in [0.717, 1.165) is 16.6 Å². The summed E-state index contributed by atoms with van der Waals surface area (Å²) in [5.74, 6) is 0. The molecule has 0 unspecified atom stereocenters. The van der Waals surface area contributed by atoms with Gasteiger partial charge >= 0.3 is 0 Å². The Bertz CT molecular complexity index is 841. The van der Waals surface area contributed by atoms with Crippen molar-refractivity contribution in [2.45, 2.75) is 13.2 Å². The van der Waals surface area contributed by atoms with Crippen LogP contribution in [0.25, 0.3) is 10.9 Å². The number of hydrogen-bond acceptors (Lipinski definition) is 3. The number of aliphatic hydroxyl groups is 1. The smallest absolute Gasteiger partial charge is 0.222 e. The van der Waals surface area contributed by atoms with Gasteiger partial charge in [0.2, 0.25) is 5.43 Å². The van der Waals surface area contributed by atoms with Gasteiger partial charge in [-0.15, -0.1) is 0 Å². The third kappa shape index (κ3) is 2.75. The maximum absolute atomic E-state index is 12.1. The van der Waals surface area contributed by atoms with Crippen molar-refractivity contribution < 1.29 is 5.11 Å². The standard InChI is InChI=1S/C16H13BrN2O2/c17-16-15(21)13-3-1-2-4-14(13)19(18-16)9-11-5-7-12(10-20)8-6-11/h1-8,20H,9-10H2. The Hall–Kier alpha value is -1.98. The fourth-order valence-electron chi connectivity index (χ4n) is 2.25. The SMILES string of the molecule is O=c1c(Br)nn(Cc2ccc(CO)cc2)c2ccccc12. The molecule has 4 nitrogen and oxygen atoms in total. The number of para-hydroxylation sites is 1. The Labute approximate surface area is 129 Å². The number of halogens is 1. The molecule has 0 radical (unpaired) electrons. The molecule has 3 rings (SSSR count). The molecule has 0 atom stereocenters. The summed E-state index contributed by atoms with van der Waals surface area (Å²) in [6, 6.07) is 15.1. The topological polar surface area (TPSA) is 55.1 Å². The first-order chi connectivity index (χ1) is 10.2. The lowest BCUT2D eigenvalue weighted by Crippen LogP contribution is -2.15. The van der Waals surface area contributed by atoms with E-state index >= 15 is 0 Å². The van der Waals surface area contributed by atoms with Crippen molar-refractivity contribution in [3.63, 3.8) is 0 Å². The van der Waals surface area contributed by atoms with Gasteiger partial charge in [0, 0.05) is 0 Å². The molecule has 1 aromatic heterocycles. The minimum atomic E-state index is -0.0996. The molecule has 1 heterocycles. The van der Waals surface area contributed by atoms with E-state index in [1.807, 2.05) is 42.5 Å². The first-order valence-electron chi connectivity index (χ1n) is 6.53. The molecular formula is C16H13BrN2O2.